The molecule has 0 fully saturated rings. The summed E-state index contributed by atoms with van der Waals surface area (Å²) in [6, 6.07) is 9.89. The Kier molecular flexibility index (Phi) is 3.87. The van der Waals surface area contributed by atoms with E-state index in [9.17, 15) is 9.90 Å². The molecule has 5 heteroatoms. The molecule has 0 unspecified atom stereocenters. The van der Waals surface area contributed by atoms with E-state index in [0.29, 0.717) is 5.56 Å². The summed E-state index contributed by atoms with van der Waals surface area (Å²) < 4.78 is 1.68. The molecule has 0 bridgehead atoms. The zero-order chi connectivity index (χ0) is 13.7. The van der Waals surface area contributed by atoms with Gasteiger partial charge >= 0.3 is 0 Å². The molecule has 5 nitrogen and oxygen atoms in total. The highest BCUT2D eigenvalue weighted by atomic mass is 16.4. The molecule has 19 heavy (non-hydrogen) atoms. The third-order valence-electron chi connectivity index (χ3n) is 2.65. The Labute approximate surface area is 110 Å². The van der Waals surface area contributed by atoms with Crippen LogP contribution in [0.4, 0.5) is 0 Å². The largest absolute Gasteiger partial charge is 0.507 e. The second-order valence-corrected chi connectivity index (χ2v) is 3.99. The Hall–Kier alpha value is -2.69. The number of Topliss-reactive ketones (excluding diaryl/α,β-unsaturated/α-hetero) is 1. The molecule has 0 aliphatic carbocycles. The number of rotatable bonds is 4. The van der Waals surface area contributed by atoms with Crippen molar-refractivity contribution in [2.45, 2.75) is 6.54 Å². The quantitative estimate of drug-likeness (QED) is 0.285. The number of phenolic OH excluding ortho intramolecular Hbond substituents is 1. The van der Waals surface area contributed by atoms with Crippen molar-refractivity contribution in [3.05, 3.63) is 59.9 Å². The Morgan fingerprint density at radius 2 is 1.89 bits per heavy atom. The summed E-state index contributed by atoms with van der Waals surface area (Å²) in [6.45, 7) is 0.133. The van der Waals surface area contributed by atoms with Crippen molar-refractivity contribution < 1.29 is 19.7 Å². The standard InChI is InChI=1S/C14H12N2O3/c17-13-4-2-1-3-12(13)14(18)10-16-7-5-11(6-8-16)9-15-19/h1-9H,10H2,(H,17,18)/p+1. The van der Waals surface area contributed by atoms with E-state index < -0.39 is 0 Å². The summed E-state index contributed by atoms with van der Waals surface area (Å²) in [5.74, 6) is -0.191. The second kappa shape index (κ2) is 5.77. The van der Waals surface area contributed by atoms with E-state index in [1.54, 1.807) is 47.3 Å². The van der Waals surface area contributed by atoms with Crippen LogP contribution in [-0.2, 0) is 6.54 Å². The Balaban J connectivity index is 2.13. The molecule has 2 aromatic rings. The first kappa shape index (κ1) is 12.8. The minimum atomic E-state index is -0.174. The van der Waals surface area contributed by atoms with Crippen LogP contribution in [0.3, 0.4) is 0 Å². The molecule has 0 saturated carbocycles. The van der Waals surface area contributed by atoms with Crippen LogP contribution in [0, 0.1) is 0 Å². The first-order chi connectivity index (χ1) is 9.20. The molecule has 0 aliphatic rings. The number of oxime groups is 1. The lowest BCUT2D eigenvalue weighted by Gasteiger charge is -2.01. The van der Waals surface area contributed by atoms with Crippen molar-refractivity contribution >= 4 is 12.0 Å². The maximum atomic E-state index is 12.0. The highest BCUT2D eigenvalue weighted by molar-refractivity contribution is 5.97. The second-order valence-electron chi connectivity index (χ2n) is 3.99. The Morgan fingerprint density at radius 3 is 2.53 bits per heavy atom. The number of benzene rings is 1. The van der Waals surface area contributed by atoms with Gasteiger partial charge in [-0.15, -0.1) is 0 Å². The molecule has 0 atom stereocenters. The normalized spacial score (nSPS) is 10.7. The molecule has 0 spiro atoms. The summed E-state index contributed by atoms with van der Waals surface area (Å²) in [5.41, 5.74) is 1.03. The average Bonchev–Trinajstić information content (AvgIpc) is 2.42. The van der Waals surface area contributed by atoms with Gasteiger partial charge in [-0.1, -0.05) is 17.3 Å². The highest BCUT2D eigenvalue weighted by Crippen LogP contribution is 2.15. The van der Waals surface area contributed by atoms with Crippen molar-refractivity contribution in [2.24, 2.45) is 5.16 Å². The molecule has 0 amide bonds. The number of carbonyl (C=O) groups is 1. The van der Waals surface area contributed by atoms with Crippen LogP contribution in [0.2, 0.25) is 0 Å². The molecule has 1 aromatic carbocycles. The maximum Gasteiger partial charge on any atom is 0.231 e. The fourth-order valence-electron chi connectivity index (χ4n) is 1.69. The fraction of sp³-hybridized carbons (Fsp3) is 0.0714. The van der Waals surface area contributed by atoms with E-state index in [1.165, 1.54) is 12.3 Å². The van der Waals surface area contributed by atoms with Gasteiger partial charge in [0, 0.05) is 17.7 Å². The third kappa shape index (κ3) is 3.16. The summed E-state index contributed by atoms with van der Waals surface area (Å²) in [6.07, 6.45) is 4.71. The summed E-state index contributed by atoms with van der Waals surface area (Å²) in [5, 5.41) is 20.9. The third-order valence-corrected chi connectivity index (χ3v) is 2.65. The smallest absolute Gasteiger partial charge is 0.231 e. The molecule has 1 heterocycles. The molecule has 0 saturated heterocycles. The topological polar surface area (TPSA) is 73.8 Å². The SMILES string of the molecule is O=C(C[n+]1ccc(C=NO)cc1)c1ccccc1O. The number of ketones is 1. The number of phenols is 1. The van der Waals surface area contributed by atoms with Gasteiger partial charge < -0.3 is 10.3 Å². The van der Waals surface area contributed by atoms with Gasteiger partial charge in [-0.3, -0.25) is 4.79 Å². The summed E-state index contributed by atoms with van der Waals surface area (Å²) >= 11 is 0. The Bertz CT molecular complexity index is 606. The molecule has 1 aromatic heterocycles. The van der Waals surface area contributed by atoms with E-state index in [4.69, 9.17) is 5.21 Å². The van der Waals surface area contributed by atoms with Crippen LogP contribution < -0.4 is 4.57 Å². The van der Waals surface area contributed by atoms with E-state index in [2.05, 4.69) is 5.16 Å². The van der Waals surface area contributed by atoms with Crippen molar-refractivity contribution in [1.29, 1.82) is 0 Å². The van der Waals surface area contributed by atoms with E-state index >= 15 is 0 Å². The van der Waals surface area contributed by atoms with Crippen LogP contribution >= 0.6 is 0 Å². The zero-order valence-corrected chi connectivity index (χ0v) is 10.1. The first-order valence-corrected chi connectivity index (χ1v) is 5.68. The molecule has 2 rings (SSSR count). The minimum absolute atomic E-state index is 0.0165. The maximum absolute atomic E-state index is 12.0. The van der Waals surface area contributed by atoms with Gasteiger partial charge in [-0.05, 0) is 12.1 Å². The first-order valence-electron chi connectivity index (χ1n) is 5.68. The molecular formula is C14H13N2O3+. The average molecular weight is 257 g/mol. The summed E-state index contributed by atoms with van der Waals surface area (Å²) in [7, 11) is 0. The van der Waals surface area contributed by atoms with Crippen molar-refractivity contribution in [2.75, 3.05) is 0 Å². The lowest BCUT2D eigenvalue weighted by atomic mass is 10.1. The van der Waals surface area contributed by atoms with Crippen LogP contribution in [0.25, 0.3) is 0 Å². The number of hydrogen-bond donors (Lipinski definition) is 2. The van der Waals surface area contributed by atoms with Crippen LogP contribution in [0.1, 0.15) is 15.9 Å². The molecule has 0 radical (unpaired) electrons. The van der Waals surface area contributed by atoms with Gasteiger partial charge in [-0.2, -0.15) is 4.57 Å². The fourth-order valence-corrected chi connectivity index (χ4v) is 1.69. The van der Waals surface area contributed by atoms with Gasteiger partial charge in [0.1, 0.15) is 5.75 Å². The van der Waals surface area contributed by atoms with E-state index in [1.807, 2.05) is 0 Å². The molecule has 2 N–H and O–H groups in total. The Morgan fingerprint density at radius 1 is 1.21 bits per heavy atom. The number of nitrogens with zero attached hydrogens (tertiary/aromatic N) is 2. The number of aromatic hydroxyl groups is 1. The molecule has 0 aliphatic heterocycles. The predicted molar refractivity (Wildman–Crippen MR) is 68.5 cm³/mol. The van der Waals surface area contributed by atoms with E-state index in [-0.39, 0.29) is 18.1 Å². The number of hydrogen-bond acceptors (Lipinski definition) is 4. The van der Waals surface area contributed by atoms with Gasteiger partial charge in [0.05, 0.1) is 11.8 Å². The van der Waals surface area contributed by atoms with Crippen LogP contribution in [0.15, 0.2) is 53.9 Å². The van der Waals surface area contributed by atoms with E-state index in [0.717, 1.165) is 5.56 Å². The lowest BCUT2D eigenvalue weighted by Crippen LogP contribution is -2.37. The van der Waals surface area contributed by atoms with Gasteiger partial charge in [0.25, 0.3) is 0 Å². The van der Waals surface area contributed by atoms with Crippen LogP contribution in [0.5, 0.6) is 5.75 Å². The lowest BCUT2D eigenvalue weighted by molar-refractivity contribution is -0.683. The van der Waals surface area contributed by atoms with Gasteiger partial charge in [0.15, 0.2) is 12.4 Å². The van der Waals surface area contributed by atoms with Crippen molar-refractivity contribution in [3.63, 3.8) is 0 Å². The highest BCUT2D eigenvalue weighted by Gasteiger charge is 2.15. The number of carbonyl (C=O) groups excluding carboxylic acids is 1. The van der Waals surface area contributed by atoms with Gasteiger partial charge in [0.2, 0.25) is 12.3 Å². The van der Waals surface area contributed by atoms with Gasteiger partial charge in [-0.25, -0.2) is 0 Å². The number of pyridine rings is 1. The number of aromatic nitrogens is 1. The van der Waals surface area contributed by atoms with Crippen molar-refractivity contribution in [1.82, 2.24) is 0 Å². The predicted octanol–water partition coefficient (Wildman–Crippen LogP) is 1.37. The zero-order valence-electron chi connectivity index (χ0n) is 10.1. The summed E-state index contributed by atoms with van der Waals surface area (Å²) in [4.78, 5) is 12.0. The molecular weight excluding hydrogens is 244 g/mol. The molecule has 96 valence electrons. The monoisotopic (exact) mass is 257 g/mol. The number of para-hydroxylation sites is 1. The van der Waals surface area contributed by atoms with Crippen LogP contribution in [-0.4, -0.2) is 22.3 Å². The van der Waals surface area contributed by atoms with Crippen molar-refractivity contribution in [3.8, 4) is 5.75 Å². The minimum Gasteiger partial charge on any atom is -0.507 e.